The van der Waals surface area contributed by atoms with Crippen molar-refractivity contribution in [3.05, 3.63) is 65.0 Å². The molecular formula is C43H59N3O3. The average molecular weight is 666 g/mol. The predicted molar refractivity (Wildman–Crippen MR) is 194 cm³/mol. The van der Waals surface area contributed by atoms with E-state index in [9.17, 15) is 4.79 Å². The summed E-state index contributed by atoms with van der Waals surface area (Å²) in [6.07, 6.45) is 13.5. The fourth-order valence-electron chi connectivity index (χ4n) is 13.1. The molecule has 0 unspecified atom stereocenters. The molecule has 0 radical (unpaired) electrons. The summed E-state index contributed by atoms with van der Waals surface area (Å²) in [5.41, 5.74) is 5.21. The summed E-state index contributed by atoms with van der Waals surface area (Å²) in [7, 11) is 0. The van der Waals surface area contributed by atoms with Gasteiger partial charge in [-0.2, -0.15) is 0 Å². The molecular weight excluding hydrogens is 606 g/mol. The number of carbonyl (C=O) groups excluding carboxylic acids is 1. The second kappa shape index (κ2) is 11.6. The first-order chi connectivity index (χ1) is 23.3. The third kappa shape index (κ3) is 4.77. The van der Waals surface area contributed by atoms with Crippen LogP contribution in [0.15, 0.2) is 48.2 Å². The summed E-state index contributed by atoms with van der Waals surface area (Å²) in [5, 5.41) is 0. The highest BCUT2D eigenvalue weighted by atomic mass is 16.5. The van der Waals surface area contributed by atoms with Gasteiger partial charge in [0.2, 0.25) is 5.95 Å². The fourth-order valence-corrected chi connectivity index (χ4v) is 13.1. The SMILES string of the molecule is C[C@@H]1[C@H]2C3=CC[C@H]4[C@]5(C)Cc6cnc(N7CCOCC7)nc6C(C)(C)[C@H]5CC[C@]4(C)[C@]3(C)CC[C@@]2(C(=O)OCc2ccccc2)CC[C@@H]1C. The van der Waals surface area contributed by atoms with Crippen LogP contribution in [0.25, 0.3) is 0 Å². The highest BCUT2D eigenvalue weighted by Gasteiger charge is 2.69. The van der Waals surface area contributed by atoms with Crippen molar-refractivity contribution in [1.82, 2.24) is 9.97 Å². The van der Waals surface area contributed by atoms with Crippen molar-refractivity contribution in [2.45, 2.75) is 112 Å². The monoisotopic (exact) mass is 665 g/mol. The largest absolute Gasteiger partial charge is 0.460 e. The number of hydrogen-bond donors (Lipinski definition) is 0. The molecule has 9 atom stereocenters. The van der Waals surface area contributed by atoms with E-state index < -0.39 is 5.41 Å². The molecule has 1 saturated heterocycles. The molecule has 4 fully saturated rings. The van der Waals surface area contributed by atoms with Gasteiger partial charge in [-0.1, -0.05) is 90.4 Å². The summed E-state index contributed by atoms with van der Waals surface area (Å²) in [4.78, 5) is 27.0. The molecule has 49 heavy (non-hydrogen) atoms. The van der Waals surface area contributed by atoms with Crippen LogP contribution in [0, 0.1) is 51.2 Å². The Morgan fingerprint density at radius 3 is 2.47 bits per heavy atom. The molecule has 6 heteroatoms. The van der Waals surface area contributed by atoms with Gasteiger partial charge in [0.15, 0.2) is 0 Å². The Kier molecular flexibility index (Phi) is 7.94. The first kappa shape index (κ1) is 33.4. The Balaban J connectivity index is 1.14. The van der Waals surface area contributed by atoms with Crippen LogP contribution in [0.2, 0.25) is 0 Å². The lowest BCUT2D eigenvalue weighted by Crippen LogP contribution is -2.65. The molecule has 0 amide bonds. The predicted octanol–water partition coefficient (Wildman–Crippen LogP) is 8.73. The van der Waals surface area contributed by atoms with Crippen molar-refractivity contribution >= 4 is 11.9 Å². The second-order valence-corrected chi connectivity index (χ2v) is 18.4. The summed E-state index contributed by atoms with van der Waals surface area (Å²) in [6.45, 7) is 21.3. The van der Waals surface area contributed by atoms with Gasteiger partial charge in [-0.25, -0.2) is 9.97 Å². The summed E-state index contributed by atoms with van der Waals surface area (Å²) in [5.74, 6) is 3.34. The topological polar surface area (TPSA) is 64.5 Å². The maximum atomic E-state index is 14.4. The van der Waals surface area contributed by atoms with E-state index in [2.05, 4.69) is 77.8 Å². The molecule has 0 N–H and O–H groups in total. The number of rotatable bonds is 4. The molecule has 1 aromatic heterocycles. The van der Waals surface area contributed by atoms with Crippen LogP contribution in [0.1, 0.15) is 110 Å². The van der Waals surface area contributed by atoms with Crippen LogP contribution in [-0.4, -0.2) is 42.2 Å². The molecule has 264 valence electrons. The van der Waals surface area contributed by atoms with E-state index in [0.717, 1.165) is 76.3 Å². The van der Waals surface area contributed by atoms with Gasteiger partial charge < -0.3 is 14.4 Å². The third-order valence-corrected chi connectivity index (χ3v) is 16.1. The fraction of sp³-hybridized carbons (Fsp3) is 0.698. The molecule has 1 aliphatic heterocycles. The van der Waals surface area contributed by atoms with E-state index in [4.69, 9.17) is 19.4 Å². The quantitative estimate of drug-likeness (QED) is 0.241. The van der Waals surface area contributed by atoms with E-state index in [0.29, 0.717) is 30.3 Å². The summed E-state index contributed by atoms with van der Waals surface area (Å²) < 4.78 is 11.9. The first-order valence-corrected chi connectivity index (χ1v) is 19.5. The van der Waals surface area contributed by atoms with Crippen molar-refractivity contribution < 1.29 is 14.3 Å². The highest BCUT2D eigenvalue weighted by molar-refractivity contribution is 5.79. The Bertz CT molecular complexity index is 1630. The highest BCUT2D eigenvalue weighted by Crippen LogP contribution is 2.75. The van der Waals surface area contributed by atoms with Gasteiger partial charge in [-0.15, -0.1) is 0 Å². The number of benzene rings is 1. The van der Waals surface area contributed by atoms with Gasteiger partial charge in [0.1, 0.15) is 6.61 Å². The minimum absolute atomic E-state index is 0.0317. The molecule has 1 aromatic carbocycles. The number of anilines is 1. The van der Waals surface area contributed by atoms with Crippen LogP contribution in [0.5, 0.6) is 0 Å². The van der Waals surface area contributed by atoms with Crippen LogP contribution in [0.4, 0.5) is 5.95 Å². The van der Waals surface area contributed by atoms with Crippen molar-refractivity contribution in [3.63, 3.8) is 0 Å². The smallest absolute Gasteiger partial charge is 0.313 e. The minimum atomic E-state index is -0.419. The third-order valence-electron chi connectivity index (χ3n) is 16.1. The van der Waals surface area contributed by atoms with Crippen molar-refractivity contribution in [2.24, 2.45) is 51.2 Å². The van der Waals surface area contributed by atoms with Gasteiger partial charge >= 0.3 is 5.97 Å². The zero-order valence-corrected chi connectivity index (χ0v) is 31.2. The minimum Gasteiger partial charge on any atom is -0.460 e. The normalized spacial score (nSPS) is 40.8. The van der Waals surface area contributed by atoms with Crippen LogP contribution < -0.4 is 4.90 Å². The number of allylic oxidation sites excluding steroid dienone is 2. The molecule has 0 spiro atoms. The lowest BCUT2D eigenvalue weighted by atomic mass is 9.33. The molecule has 5 aliphatic carbocycles. The number of ether oxygens (including phenoxy) is 2. The number of fused-ring (bicyclic) bond motifs is 8. The Morgan fingerprint density at radius 1 is 0.959 bits per heavy atom. The zero-order valence-electron chi connectivity index (χ0n) is 31.2. The lowest BCUT2D eigenvalue weighted by Gasteiger charge is -2.70. The number of nitrogens with zero attached hydrogens (tertiary/aromatic N) is 3. The van der Waals surface area contributed by atoms with E-state index in [1.54, 1.807) is 5.57 Å². The second-order valence-electron chi connectivity index (χ2n) is 18.4. The molecule has 3 saturated carbocycles. The molecule has 6 aliphatic rings. The summed E-state index contributed by atoms with van der Waals surface area (Å²) in [6, 6.07) is 10.2. The summed E-state index contributed by atoms with van der Waals surface area (Å²) >= 11 is 0. The number of aromatic nitrogens is 2. The molecule has 8 rings (SSSR count). The van der Waals surface area contributed by atoms with E-state index in [-0.39, 0.29) is 33.5 Å². The number of esters is 1. The first-order valence-electron chi connectivity index (χ1n) is 19.5. The van der Waals surface area contributed by atoms with Gasteiger partial charge in [0.05, 0.1) is 24.3 Å². The van der Waals surface area contributed by atoms with Crippen LogP contribution in [0.3, 0.4) is 0 Å². The molecule has 6 nitrogen and oxygen atoms in total. The Hall–Kier alpha value is -2.73. The van der Waals surface area contributed by atoms with Crippen LogP contribution >= 0.6 is 0 Å². The van der Waals surface area contributed by atoms with Gasteiger partial charge in [0.25, 0.3) is 0 Å². The van der Waals surface area contributed by atoms with E-state index in [1.807, 2.05) is 18.2 Å². The maximum absolute atomic E-state index is 14.4. The van der Waals surface area contributed by atoms with Gasteiger partial charge in [-0.3, -0.25) is 4.79 Å². The molecule has 2 heterocycles. The molecule has 0 bridgehead atoms. The number of hydrogen-bond acceptors (Lipinski definition) is 6. The zero-order chi connectivity index (χ0) is 34.4. The van der Waals surface area contributed by atoms with E-state index >= 15 is 0 Å². The average Bonchev–Trinajstić information content (AvgIpc) is 3.09. The van der Waals surface area contributed by atoms with Gasteiger partial charge in [0, 0.05) is 24.7 Å². The number of morpholine rings is 1. The Morgan fingerprint density at radius 2 is 1.71 bits per heavy atom. The molecule has 2 aromatic rings. The van der Waals surface area contributed by atoms with Crippen LogP contribution in [-0.2, 0) is 32.7 Å². The van der Waals surface area contributed by atoms with E-state index in [1.165, 1.54) is 24.1 Å². The maximum Gasteiger partial charge on any atom is 0.313 e. The van der Waals surface area contributed by atoms with Crippen molar-refractivity contribution in [1.29, 1.82) is 0 Å². The van der Waals surface area contributed by atoms with Crippen molar-refractivity contribution in [2.75, 3.05) is 31.2 Å². The number of carbonyl (C=O) groups is 1. The standard InChI is InChI=1S/C43H59N3O3/c1-28-15-18-43(37(47)49-27-30-11-9-8-10-12-30)20-19-41(6)32(35(43)29(28)2)13-14-34-40(5)25-31-26-44-38(46-21-23-48-24-22-46)45-36(31)39(3,4)33(40)16-17-42(34,41)7/h8-13,26,28-29,33-35H,14-25,27H2,1-7H3/t28-,29-,33+,34-,35-,40+,41+,42-,43-/m0/s1. The Labute approximate surface area is 294 Å². The van der Waals surface area contributed by atoms with Gasteiger partial charge in [-0.05, 0) is 108 Å². The lowest BCUT2D eigenvalue weighted by molar-refractivity contribution is -0.184. The van der Waals surface area contributed by atoms with Crippen molar-refractivity contribution in [3.8, 4) is 0 Å².